The average molecular weight is 373 g/mol. The van der Waals surface area contributed by atoms with E-state index in [-0.39, 0.29) is 17.4 Å². The van der Waals surface area contributed by atoms with Gasteiger partial charge in [-0.3, -0.25) is 9.59 Å². The highest BCUT2D eigenvalue weighted by molar-refractivity contribution is 7.13. The van der Waals surface area contributed by atoms with Crippen LogP contribution in [0, 0.1) is 19.8 Å². The minimum absolute atomic E-state index is 0.0862. The van der Waals surface area contributed by atoms with Gasteiger partial charge in [-0.15, -0.1) is 11.3 Å². The Bertz CT molecular complexity index is 823. The standard InChI is InChI=1S/C19H23N3O3S/c1-11-7-14(8-12(2)17(11)25-3)16(23)13-5-4-6-22(9-13)19-21-15(10-26-19)18(20)24/h7-8,10,13H,4-6,9H2,1-3H3,(H2,20,24)/t13-/m0/s1. The van der Waals surface area contributed by atoms with Crippen molar-refractivity contribution < 1.29 is 14.3 Å². The lowest BCUT2D eigenvalue weighted by Crippen LogP contribution is -2.38. The van der Waals surface area contributed by atoms with Crippen molar-refractivity contribution >= 4 is 28.2 Å². The van der Waals surface area contributed by atoms with E-state index in [1.165, 1.54) is 11.3 Å². The molecule has 2 heterocycles. The zero-order valence-corrected chi connectivity index (χ0v) is 16.1. The minimum atomic E-state index is -0.527. The second-order valence-electron chi connectivity index (χ2n) is 6.67. The molecular formula is C19H23N3O3S. The molecule has 0 unspecified atom stereocenters. The number of hydrogen-bond acceptors (Lipinski definition) is 6. The number of ketones is 1. The Labute approximate surface area is 157 Å². The smallest absolute Gasteiger partial charge is 0.268 e. The van der Waals surface area contributed by atoms with Crippen LogP contribution in [-0.4, -0.2) is 36.9 Å². The summed E-state index contributed by atoms with van der Waals surface area (Å²) in [4.78, 5) is 30.7. The highest BCUT2D eigenvalue weighted by Crippen LogP contribution is 2.30. The molecule has 0 radical (unpaired) electrons. The van der Waals surface area contributed by atoms with Crippen LogP contribution < -0.4 is 15.4 Å². The van der Waals surface area contributed by atoms with Crippen molar-refractivity contribution in [3.05, 3.63) is 39.9 Å². The Morgan fingerprint density at radius 1 is 1.31 bits per heavy atom. The summed E-state index contributed by atoms with van der Waals surface area (Å²) in [5.74, 6) is 0.363. The predicted octanol–water partition coefficient (Wildman–Crippen LogP) is 2.97. The fraction of sp³-hybridized carbons (Fsp3) is 0.421. The Hall–Kier alpha value is -2.41. The molecule has 1 amide bonds. The van der Waals surface area contributed by atoms with Gasteiger partial charge >= 0.3 is 0 Å². The van der Waals surface area contributed by atoms with Gasteiger partial charge in [-0.1, -0.05) is 0 Å². The van der Waals surface area contributed by atoms with Crippen LogP contribution in [0.15, 0.2) is 17.5 Å². The number of hydrogen-bond donors (Lipinski definition) is 1. The van der Waals surface area contributed by atoms with Crippen molar-refractivity contribution in [2.24, 2.45) is 11.7 Å². The first kappa shape index (κ1) is 18.4. The Balaban J connectivity index is 1.78. The number of ether oxygens (including phenoxy) is 1. The zero-order valence-electron chi connectivity index (χ0n) is 15.2. The maximum absolute atomic E-state index is 13.0. The molecule has 138 valence electrons. The number of anilines is 1. The first-order chi connectivity index (χ1) is 12.4. The first-order valence-electron chi connectivity index (χ1n) is 8.60. The van der Waals surface area contributed by atoms with Crippen LogP contribution in [0.1, 0.15) is 44.8 Å². The lowest BCUT2D eigenvalue weighted by Gasteiger charge is -2.32. The average Bonchev–Trinajstić information content (AvgIpc) is 3.11. The number of carbonyl (C=O) groups is 2. The van der Waals surface area contributed by atoms with E-state index in [2.05, 4.69) is 9.88 Å². The number of benzene rings is 1. The van der Waals surface area contributed by atoms with Crippen molar-refractivity contribution in [3.63, 3.8) is 0 Å². The Morgan fingerprint density at radius 2 is 2.00 bits per heavy atom. The monoisotopic (exact) mass is 373 g/mol. The SMILES string of the molecule is COc1c(C)cc(C(=O)[C@H]2CCCN(c3nc(C(N)=O)cs3)C2)cc1C. The molecule has 1 fully saturated rings. The molecule has 1 atom stereocenters. The number of Topliss-reactive ketones (excluding diaryl/α,β-unsaturated/α-hetero) is 1. The molecule has 6 nitrogen and oxygen atoms in total. The van der Waals surface area contributed by atoms with Gasteiger partial charge in [0.15, 0.2) is 10.9 Å². The van der Waals surface area contributed by atoms with Crippen molar-refractivity contribution in [2.75, 3.05) is 25.1 Å². The van der Waals surface area contributed by atoms with Crippen LogP contribution in [0.25, 0.3) is 0 Å². The molecule has 2 N–H and O–H groups in total. The number of thiazole rings is 1. The van der Waals surface area contributed by atoms with E-state index < -0.39 is 5.91 Å². The lowest BCUT2D eigenvalue weighted by atomic mass is 9.89. The van der Waals surface area contributed by atoms with Crippen LogP contribution in [0.3, 0.4) is 0 Å². The molecule has 0 bridgehead atoms. The number of piperidine rings is 1. The highest BCUT2D eigenvalue weighted by Gasteiger charge is 2.28. The molecule has 1 saturated heterocycles. The van der Waals surface area contributed by atoms with Gasteiger partial charge in [-0.2, -0.15) is 0 Å². The van der Waals surface area contributed by atoms with Gasteiger partial charge in [0.25, 0.3) is 5.91 Å². The molecule has 1 aromatic heterocycles. The van der Waals surface area contributed by atoms with Gasteiger partial charge in [0.2, 0.25) is 0 Å². The Kier molecular flexibility index (Phi) is 5.27. The summed E-state index contributed by atoms with van der Waals surface area (Å²) < 4.78 is 5.39. The molecule has 26 heavy (non-hydrogen) atoms. The quantitative estimate of drug-likeness (QED) is 0.815. The fourth-order valence-corrected chi connectivity index (χ4v) is 4.39. The van der Waals surface area contributed by atoms with E-state index in [4.69, 9.17) is 10.5 Å². The van der Waals surface area contributed by atoms with Crippen molar-refractivity contribution in [1.82, 2.24) is 4.98 Å². The molecule has 0 spiro atoms. The predicted molar refractivity (Wildman–Crippen MR) is 102 cm³/mol. The summed E-state index contributed by atoms with van der Waals surface area (Å²) in [5, 5.41) is 2.41. The second kappa shape index (κ2) is 7.45. The first-order valence-corrected chi connectivity index (χ1v) is 9.48. The van der Waals surface area contributed by atoms with E-state index in [9.17, 15) is 9.59 Å². The van der Waals surface area contributed by atoms with E-state index in [1.54, 1.807) is 12.5 Å². The van der Waals surface area contributed by atoms with E-state index in [0.717, 1.165) is 47.0 Å². The number of nitrogens with zero attached hydrogens (tertiary/aromatic N) is 2. The maximum Gasteiger partial charge on any atom is 0.268 e. The van der Waals surface area contributed by atoms with Crippen molar-refractivity contribution in [3.8, 4) is 5.75 Å². The number of carbonyl (C=O) groups excluding carboxylic acids is 2. The summed E-state index contributed by atoms with van der Waals surface area (Å²) in [5.41, 5.74) is 8.22. The number of methoxy groups -OCH3 is 1. The van der Waals surface area contributed by atoms with Crippen LogP contribution >= 0.6 is 11.3 Å². The van der Waals surface area contributed by atoms with Gasteiger partial charge in [0, 0.05) is 30.0 Å². The molecule has 1 aliphatic rings. The minimum Gasteiger partial charge on any atom is -0.496 e. The number of aryl methyl sites for hydroxylation is 2. The summed E-state index contributed by atoms with van der Waals surface area (Å²) >= 11 is 1.39. The Morgan fingerprint density at radius 3 is 2.58 bits per heavy atom. The number of primary amides is 1. The fourth-order valence-electron chi connectivity index (χ4n) is 3.54. The van der Waals surface area contributed by atoms with Crippen LogP contribution in [-0.2, 0) is 0 Å². The summed E-state index contributed by atoms with van der Waals surface area (Å²) in [6.07, 6.45) is 1.77. The van der Waals surface area contributed by atoms with E-state index in [1.807, 2.05) is 26.0 Å². The number of rotatable bonds is 5. The number of nitrogens with two attached hydrogens (primary N) is 1. The van der Waals surface area contributed by atoms with E-state index in [0.29, 0.717) is 6.54 Å². The molecule has 0 aliphatic carbocycles. The van der Waals surface area contributed by atoms with Gasteiger partial charge in [0.1, 0.15) is 11.4 Å². The largest absolute Gasteiger partial charge is 0.496 e. The topological polar surface area (TPSA) is 85.5 Å². The third-order valence-electron chi connectivity index (χ3n) is 4.76. The molecule has 2 aromatic rings. The van der Waals surface area contributed by atoms with Crippen LogP contribution in [0.5, 0.6) is 5.75 Å². The second-order valence-corrected chi connectivity index (χ2v) is 7.51. The van der Waals surface area contributed by atoms with Crippen LogP contribution in [0.2, 0.25) is 0 Å². The van der Waals surface area contributed by atoms with Crippen molar-refractivity contribution in [1.29, 1.82) is 0 Å². The lowest BCUT2D eigenvalue weighted by molar-refractivity contribution is 0.0906. The van der Waals surface area contributed by atoms with E-state index >= 15 is 0 Å². The maximum atomic E-state index is 13.0. The van der Waals surface area contributed by atoms with Gasteiger partial charge in [-0.05, 0) is 49.9 Å². The third-order valence-corrected chi connectivity index (χ3v) is 5.66. The zero-order chi connectivity index (χ0) is 18.8. The van der Waals surface area contributed by atoms with Gasteiger partial charge < -0.3 is 15.4 Å². The van der Waals surface area contributed by atoms with Crippen molar-refractivity contribution in [2.45, 2.75) is 26.7 Å². The summed E-state index contributed by atoms with van der Waals surface area (Å²) in [6.45, 7) is 5.35. The molecule has 0 saturated carbocycles. The molecule has 3 rings (SSSR count). The normalized spacial score (nSPS) is 17.2. The van der Waals surface area contributed by atoms with Gasteiger partial charge in [0.05, 0.1) is 7.11 Å². The molecule has 1 aliphatic heterocycles. The van der Waals surface area contributed by atoms with Crippen LogP contribution in [0.4, 0.5) is 5.13 Å². The number of aromatic nitrogens is 1. The van der Waals surface area contributed by atoms with Gasteiger partial charge in [-0.25, -0.2) is 4.98 Å². The third kappa shape index (κ3) is 3.58. The molecule has 1 aromatic carbocycles. The highest BCUT2D eigenvalue weighted by atomic mass is 32.1. The molecule has 7 heteroatoms. The molecular weight excluding hydrogens is 350 g/mol. The summed E-state index contributed by atoms with van der Waals surface area (Å²) in [6, 6.07) is 3.81. The summed E-state index contributed by atoms with van der Waals surface area (Å²) in [7, 11) is 1.64. The number of amides is 1.